The molecule has 1 aliphatic rings. The van der Waals surface area contributed by atoms with Gasteiger partial charge in [-0.15, -0.1) is 0 Å². The van der Waals surface area contributed by atoms with Crippen molar-refractivity contribution in [2.45, 2.75) is 52.1 Å². The molecule has 2 nitrogen and oxygen atoms in total. The molecule has 0 heterocycles. The Hall–Kier alpha value is -1.04. The van der Waals surface area contributed by atoms with Crippen molar-refractivity contribution in [1.29, 1.82) is 0 Å². The molecular formula is C18H25ClN2. The maximum atomic E-state index is 7.22. The van der Waals surface area contributed by atoms with Gasteiger partial charge in [-0.1, -0.05) is 43.6 Å². The molecule has 0 saturated heterocycles. The summed E-state index contributed by atoms with van der Waals surface area (Å²) in [7, 11) is 0. The summed E-state index contributed by atoms with van der Waals surface area (Å²) in [6.45, 7) is 13.3. The van der Waals surface area contributed by atoms with E-state index in [1.54, 1.807) is 0 Å². The molecule has 1 aromatic rings. The van der Waals surface area contributed by atoms with Crippen molar-refractivity contribution in [3.8, 4) is 0 Å². The maximum Gasteiger partial charge on any atom is 0.220 e. The predicted molar refractivity (Wildman–Crippen MR) is 89.3 cm³/mol. The predicted octanol–water partition coefficient (Wildman–Crippen LogP) is 4.93. The van der Waals surface area contributed by atoms with Crippen LogP contribution in [0.4, 0.5) is 0 Å². The van der Waals surface area contributed by atoms with Crippen molar-refractivity contribution in [2.24, 2.45) is 11.3 Å². The van der Waals surface area contributed by atoms with Gasteiger partial charge in [-0.3, -0.25) is 0 Å². The summed E-state index contributed by atoms with van der Waals surface area (Å²) < 4.78 is 0. The zero-order chi connectivity index (χ0) is 15.3. The quantitative estimate of drug-likeness (QED) is 0.763. The Morgan fingerprint density at radius 3 is 2.57 bits per heavy atom. The van der Waals surface area contributed by atoms with Crippen LogP contribution in [0.15, 0.2) is 24.3 Å². The van der Waals surface area contributed by atoms with Crippen molar-refractivity contribution >= 4 is 11.6 Å². The summed E-state index contributed by atoms with van der Waals surface area (Å²) in [4.78, 5) is 3.70. The van der Waals surface area contributed by atoms with Gasteiger partial charge in [0.2, 0.25) is 6.54 Å². The van der Waals surface area contributed by atoms with Crippen LogP contribution in [0, 0.1) is 17.9 Å². The van der Waals surface area contributed by atoms with E-state index in [2.05, 4.69) is 30.1 Å². The van der Waals surface area contributed by atoms with Gasteiger partial charge in [-0.2, -0.15) is 0 Å². The fourth-order valence-corrected chi connectivity index (χ4v) is 3.57. The highest BCUT2D eigenvalue weighted by Gasteiger charge is 2.40. The minimum atomic E-state index is 0.240. The van der Waals surface area contributed by atoms with Crippen molar-refractivity contribution in [3.05, 3.63) is 46.3 Å². The van der Waals surface area contributed by atoms with Crippen LogP contribution in [0.2, 0.25) is 5.02 Å². The number of rotatable bonds is 5. The number of nitrogens with zero attached hydrogens (tertiary/aromatic N) is 1. The third kappa shape index (κ3) is 3.99. The first-order valence-electron chi connectivity index (χ1n) is 7.87. The molecule has 1 aliphatic carbocycles. The van der Waals surface area contributed by atoms with Gasteiger partial charge >= 0.3 is 0 Å². The van der Waals surface area contributed by atoms with Crippen LogP contribution >= 0.6 is 11.6 Å². The van der Waals surface area contributed by atoms with Gasteiger partial charge in [0.1, 0.15) is 0 Å². The molecule has 1 saturated carbocycles. The fraction of sp³-hybridized carbons (Fsp3) is 0.611. The lowest BCUT2D eigenvalue weighted by Gasteiger charge is -2.40. The highest BCUT2D eigenvalue weighted by Crippen LogP contribution is 2.42. The van der Waals surface area contributed by atoms with Gasteiger partial charge in [0.25, 0.3) is 0 Å². The standard InChI is InChI=1S/C18H25ClN2/c1-14(2)18(13-20-3)10-8-16(9-11-18)21-12-15-6-4-5-7-17(15)19/h4-7,14,16,21H,8-13H2,1-2H3. The van der Waals surface area contributed by atoms with Crippen LogP contribution < -0.4 is 5.32 Å². The maximum absolute atomic E-state index is 7.22. The second-order valence-corrected chi connectivity index (χ2v) is 6.99. The minimum absolute atomic E-state index is 0.240. The van der Waals surface area contributed by atoms with Gasteiger partial charge in [-0.05, 0) is 43.2 Å². The molecule has 0 bridgehead atoms. The zero-order valence-electron chi connectivity index (χ0n) is 13.0. The zero-order valence-corrected chi connectivity index (χ0v) is 13.8. The fourth-order valence-electron chi connectivity index (χ4n) is 3.37. The highest BCUT2D eigenvalue weighted by atomic mass is 35.5. The van der Waals surface area contributed by atoms with Crippen LogP contribution in [0.5, 0.6) is 0 Å². The summed E-state index contributed by atoms with van der Waals surface area (Å²) >= 11 is 6.20. The Balaban J connectivity index is 1.87. The lowest BCUT2D eigenvalue weighted by Crippen LogP contribution is -2.41. The molecule has 0 amide bonds. The molecule has 1 fully saturated rings. The molecule has 1 aromatic carbocycles. The van der Waals surface area contributed by atoms with E-state index >= 15 is 0 Å². The molecule has 0 radical (unpaired) electrons. The first-order chi connectivity index (χ1) is 10.1. The van der Waals surface area contributed by atoms with Crippen LogP contribution in [-0.2, 0) is 6.54 Å². The lowest BCUT2D eigenvalue weighted by atomic mass is 9.66. The van der Waals surface area contributed by atoms with Crippen molar-refractivity contribution < 1.29 is 0 Å². The average Bonchev–Trinajstić information content (AvgIpc) is 2.48. The van der Waals surface area contributed by atoms with E-state index in [0.29, 0.717) is 18.5 Å². The molecule has 1 N–H and O–H groups in total. The van der Waals surface area contributed by atoms with Gasteiger partial charge in [-0.25, -0.2) is 6.57 Å². The number of hydrogen-bond donors (Lipinski definition) is 1. The normalized spacial score (nSPS) is 25.8. The molecule has 2 rings (SSSR count). The molecule has 0 aliphatic heterocycles. The van der Waals surface area contributed by atoms with E-state index in [4.69, 9.17) is 18.2 Å². The summed E-state index contributed by atoms with van der Waals surface area (Å²) in [5, 5.41) is 4.47. The number of benzene rings is 1. The Bertz CT molecular complexity index is 496. The summed E-state index contributed by atoms with van der Waals surface area (Å²) in [5.74, 6) is 0.594. The Kier molecular flexibility index (Phi) is 5.67. The minimum Gasteiger partial charge on any atom is -0.316 e. The monoisotopic (exact) mass is 304 g/mol. The summed E-state index contributed by atoms with van der Waals surface area (Å²) in [5.41, 5.74) is 1.41. The van der Waals surface area contributed by atoms with E-state index < -0.39 is 0 Å². The molecule has 0 unspecified atom stereocenters. The first kappa shape index (κ1) is 16.3. The van der Waals surface area contributed by atoms with E-state index in [1.807, 2.05) is 18.2 Å². The Labute approximate surface area is 133 Å². The van der Waals surface area contributed by atoms with Gasteiger partial charge in [0.05, 0.1) is 0 Å². The molecule has 21 heavy (non-hydrogen) atoms. The van der Waals surface area contributed by atoms with E-state index in [1.165, 1.54) is 5.56 Å². The number of hydrogen-bond acceptors (Lipinski definition) is 1. The molecule has 0 atom stereocenters. The van der Waals surface area contributed by atoms with E-state index in [-0.39, 0.29) is 5.41 Å². The van der Waals surface area contributed by atoms with Crippen molar-refractivity contribution in [1.82, 2.24) is 5.32 Å². The van der Waals surface area contributed by atoms with Crippen LogP contribution in [0.3, 0.4) is 0 Å². The third-order valence-corrected chi connectivity index (χ3v) is 5.51. The van der Waals surface area contributed by atoms with Gasteiger partial charge < -0.3 is 10.2 Å². The number of nitrogens with one attached hydrogen (secondary N) is 1. The topological polar surface area (TPSA) is 16.4 Å². The summed E-state index contributed by atoms with van der Waals surface area (Å²) in [6, 6.07) is 8.57. The molecular weight excluding hydrogens is 280 g/mol. The van der Waals surface area contributed by atoms with E-state index in [9.17, 15) is 0 Å². The summed E-state index contributed by atoms with van der Waals surface area (Å²) in [6.07, 6.45) is 4.65. The van der Waals surface area contributed by atoms with E-state index in [0.717, 1.165) is 37.3 Å². The van der Waals surface area contributed by atoms with Crippen molar-refractivity contribution in [2.75, 3.05) is 6.54 Å². The number of halogens is 1. The molecule has 3 heteroatoms. The largest absolute Gasteiger partial charge is 0.316 e. The average molecular weight is 305 g/mol. The molecule has 114 valence electrons. The van der Waals surface area contributed by atoms with Gasteiger partial charge in [0, 0.05) is 23.0 Å². The second kappa shape index (κ2) is 7.29. The smallest absolute Gasteiger partial charge is 0.220 e. The second-order valence-electron chi connectivity index (χ2n) is 6.58. The highest BCUT2D eigenvalue weighted by molar-refractivity contribution is 6.31. The Morgan fingerprint density at radius 2 is 2.00 bits per heavy atom. The third-order valence-electron chi connectivity index (χ3n) is 5.14. The molecule has 0 spiro atoms. The SMILES string of the molecule is [C-]#[N+]CC1(C(C)C)CCC(NCc2ccccc2Cl)CC1. The molecule has 0 aromatic heterocycles. The Morgan fingerprint density at radius 1 is 1.33 bits per heavy atom. The van der Waals surface area contributed by atoms with Gasteiger partial charge in [0.15, 0.2) is 0 Å². The van der Waals surface area contributed by atoms with Crippen molar-refractivity contribution in [3.63, 3.8) is 0 Å². The van der Waals surface area contributed by atoms with Crippen LogP contribution in [-0.4, -0.2) is 12.6 Å². The first-order valence-corrected chi connectivity index (χ1v) is 8.25. The lowest BCUT2D eigenvalue weighted by molar-refractivity contribution is 0.119. The van der Waals surface area contributed by atoms with Crippen LogP contribution in [0.25, 0.3) is 4.85 Å². The van der Waals surface area contributed by atoms with Crippen LogP contribution in [0.1, 0.15) is 45.1 Å².